The summed E-state index contributed by atoms with van der Waals surface area (Å²) < 4.78 is 0. The van der Waals surface area contributed by atoms with Crippen molar-refractivity contribution in [3.05, 3.63) is 28.0 Å². The van der Waals surface area contributed by atoms with Crippen LogP contribution in [0.25, 0.3) is 0 Å². The van der Waals surface area contributed by atoms with Crippen molar-refractivity contribution in [1.82, 2.24) is 10.3 Å². The first-order valence-electron chi connectivity index (χ1n) is 4.81. The number of aliphatic hydroxyl groups excluding tert-OH is 1. The second-order valence-corrected chi connectivity index (χ2v) is 4.67. The van der Waals surface area contributed by atoms with Gasteiger partial charge in [0.2, 0.25) is 0 Å². The van der Waals surface area contributed by atoms with Crippen LogP contribution in [0.5, 0.6) is 0 Å². The van der Waals surface area contributed by atoms with Crippen LogP contribution >= 0.6 is 23.2 Å². The summed E-state index contributed by atoms with van der Waals surface area (Å²) in [4.78, 5) is 15.6. The summed E-state index contributed by atoms with van der Waals surface area (Å²) in [7, 11) is 0. The standard InChI is InChI=1S/C10H10Cl2N2O2/c11-7-4-13-8(12)3-6(7)9(16)14-10(5-15)1-2-10/h3-4,15H,1-2,5H2,(H,14,16). The van der Waals surface area contributed by atoms with Gasteiger partial charge in [0, 0.05) is 6.20 Å². The zero-order chi connectivity index (χ0) is 11.8. The molecule has 0 aliphatic heterocycles. The molecule has 86 valence electrons. The number of rotatable bonds is 3. The summed E-state index contributed by atoms with van der Waals surface area (Å²) in [5, 5.41) is 12.3. The lowest BCUT2D eigenvalue weighted by atomic mass is 10.2. The van der Waals surface area contributed by atoms with Gasteiger partial charge in [-0.05, 0) is 18.9 Å². The SMILES string of the molecule is O=C(NC1(CO)CC1)c1cc(Cl)ncc1Cl. The molecule has 0 spiro atoms. The second kappa shape index (κ2) is 4.20. The summed E-state index contributed by atoms with van der Waals surface area (Å²) in [5.41, 5.74) is -0.183. The lowest BCUT2D eigenvalue weighted by molar-refractivity contribution is 0.0907. The first-order chi connectivity index (χ1) is 7.56. The third-order valence-corrected chi connectivity index (χ3v) is 3.11. The molecule has 2 rings (SSSR count). The van der Waals surface area contributed by atoms with Gasteiger partial charge in [0.15, 0.2) is 0 Å². The molecular weight excluding hydrogens is 251 g/mol. The van der Waals surface area contributed by atoms with Gasteiger partial charge in [0.1, 0.15) is 5.15 Å². The number of pyridine rings is 1. The predicted molar refractivity (Wildman–Crippen MR) is 60.8 cm³/mol. The van der Waals surface area contributed by atoms with E-state index in [0.717, 1.165) is 12.8 Å². The monoisotopic (exact) mass is 260 g/mol. The summed E-state index contributed by atoms with van der Waals surface area (Å²) in [6.07, 6.45) is 2.90. The molecular formula is C10H10Cl2N2O2. The molecule has 1 aromatic rings. The number of nitrogens with one attached hydrogen (secondary N) is 1. The van der Waals surface area contributed by atoms with E-state index in [1.807, 2.05) is 0 Å². The molecule has 2 N–H and O–H groups in total. The predicted octanol–water partition coefficient (Wildman–Crippen LogP) is 1.64. The molecule has 1 heterocycles. The van der Waals surface area contributed by atoms with Gasteiger partial charge < -0.3 is 10.4 Å². The fraction of sp³-hybridized carbons (Fsp3) is 0.400. The lowest BCUT2D eigenvalue weighted by Gasteiger charge is -2.14. The Morgan fingerprint density at radius 1 is 1.56 bits per heavy atom. The maximum absolute atomic E-state index is 11.8. The minimum atomic E-state index is -0.462. The van der Waals surface area contributed by atoms with Crippen LogP contribution in [0.1, 0.15) is 23.2 Å². The average molecular weight is 261 g/mol. The Balaban J connectivity index is 2.17. The fourth-order valence-corrected chi connectivity index (χ4v) is 1.72. The van der Waals surface area contributed by atoms with Crippen molar-refractivity contribution in [3.63, 3.8) is 0 Å². The Hall–Kier alpha value is -0.840. The van der Waals surface area contributed by atoms with Crippen LogP contribution in [-0.2, 0) is 0 Å². The molecule has 6 heteroatoms. The third-order valence-electron chi connectivity index (χ3n) is 2.60. The van der Waals surface area contributed by atoms with Gasteiger partial charge >= 0.3 is 0 Å². The minimum absolute atomic E-state index is 0.0603. The molecule has 1 saturated carbocycles. The largest absolute Gasteiger partial charge is 0.394 e. The molecule has 4 nitrogen and oxygen atoms in total. The topological polar surface area (TPSA) is 62.2 Å². The van der Waals surface area contributed by atoms with Crippen molar-refractivity contribution in [2.45, 2.75) is 18.4 Å². The zero-order valence-electron chi connectivity index (χ0n) is 8.33. The van der Waals surface area contributed by atoms with Crippen LogP contribution in [0.3, 0.4) is 0 Å². The maximum Gasteiger partial charge on any atom is 0.253 e. The smallest absolute Gasteiger partial charge is 0.253 e. The molecule has 0 saturated heterocycles. The molecule has 1 aromatic heterocycles. The van der Waals surface area contributed by atoms with E-state index in [2.05, 4.69) is 10.3 Å². The van der Waals surface area contributed by atoms with Crippen LogP contribution in [0.15, 0.2) is 12.3 Å². The average Bonchev–Trinajstić information content (AvgIpc) is 3.02. The molecule has 1 fully saturated rings. The highest BCUT2D eigenvalue weighted by atomic mass is 35.5. The van der Waals surface area contributed by atoms with Crippen molar-refractivity contribution in [1.29, 1.82) is 0 Å². The number of hydrogen-bond donors (Lipinski definition) is 2. The third kappa shape index (κ3) is 2.29. The van der Waals surface area contributed by atoms with Gasteiger partial charge in [-0.15, -0.1) is 0 Å². The Morgan fingerprint density at radius 2 is 2.25 bits per heavy atom. The number of nitrogens with zero attached hydrogens (tertiary/aromatic N) is 1. The Bertz CT molecular complexity index is 433. The van der Waals surface area contributed by atoms with Crippen molar-refractivity contribution in [2.75, 3.05) is 6.61 Å². The van der Waals surface area contributed by atoms with Gasteiger partial charge in [-0.1, -0.05) is 23.2 Å². The molecule has 16 heavy (non-hydrogen) atoms. The van der Waals surface area contributed by atoms with Crippen LogP contribution < -0.4 is 5.32 Å². The normalized spacial score (nSPS) is 16.9. The number of carbonyl (C=O) groups is 1. The van der Waals surface area contributed by atoms with E-state index in [1.165, 1.54) is 12.3 Å². The number of aromatic nitrogens is 1. The Kier molecular flexibility index (Phi) is 3.06. The van der Waals surface area contributed by atoms with Crippen molar-refractivity contribution in [3.8, 4) is 0 Å². The number of hydrogen-bond acceptors (Lipinski definition) is 3. The zero-order valence-corrected chi connectivity index (χ0v) is 9.85. The summed E-state index contributed by atoms with van der Waals surface area (Å²) >= 11 is 11.5. The quantitative estimate of drug-likeness (QED) is 0.813. The van der Waals surface area contributed by atoms with Gasteiger partial charge in [0.05, 0.1) is 22.7 Å². The number of aliphatic hydroxyl groups is 1. The molecule has 1 aliphatic rings. The van der Waals surface area contributed by atoms with Crippen LogP contribution in [0, 0.1) is 0 Å². The van der Waals surface area contributed by atoms with Crippen molar-refractivity contribution < 1.29 is 9.90 Å². The van der Waals surface area contributed by atoms with Crippen LogP contribution in [0.2, 0.25) is 10.2 Å². The van der Waals surface area contributed by atoms with Gasteiger partial charge in [0.25, 0.3) is 5.91 Å². The van der Waals surface area contributed by atoms with E-state index >= 15 is 0 Å². The van der Waals surface area contributed by atoms with E-state index in [9.17, 15) is 4.79 Å². The summed E-state index contributed by atoms with van der Waals surface area (Å²) in [5.74, 6) is -0.333. The summed E-state index contributed by atoms with van der Waals surface area (Å²) in [6, 6.07) is 1.41. The number of amides is 1. The number of carbonyl (C=O) groups excluding carboxylic acids is 1. The van der Waals surface area contributed by atoms with E-state index < -0.39 is 5.54 Å². The van der Waals surface area contributed by atoms with E-state index in [0.29, 0.717) is 0 Å². The first-order valence-corrected chi connectivity index (χ1v) is 5.56. The van der Waals surface area contributed by atoms with E-state index in [4.69, 9.17) is 28.3 Å². The first kappa shape index (κ1) is 11.6. The number of halogens is 2. The molecule has 0 unspecified atom stereocenters. The maximum atomic E-state index is 11.8. The highest BCUT2D eigenvalue weighted by Crippen LogP contribution is 2.35. The minimum Gasteiger partial charge on any atom is -0.394 e. The van der Waals surface area contributed by atoms with Gasteiger partial charge in [-0.25, -0.2) is 4.98 Å². The highest BCUT2D eigenvalue weighted by molar-refractivity contribution is 6.35. The molecule has 1 aliphatic carbocycles. The van der Waals surface area contributed by atoms with E-state index in [1.54, 1.807) is 0 Å². The van der Waals surface area contributed by atoms with Crippen molar-refractivity contribution in [2.24, 2.45) is 0 Å². The second-order valence-electron chi connectivity index (χ2n) is 3.88. The molecule has 0 radical (unpaired) electrons. The molecule has 1 amide bonds. The van der Waals surface area contributed by atoms with Gasteiger partial charge in [-0.2, -0.15) is 0 Å². The van der Waals surface area contributed by atoms with Crippen molar-refractivity contribution >= 4 is 29.1 Å². The summed E-state index contributed by atoms with van der Waals surface area (Å²) in [6.45, 7) is -0.0603. The van der Waals surface area contributed by atoms with E-state index in [-0.39, 0.29) is 28.3 Å². The Morgan fingerprint density at radius 3 is 2.81 bits per heavy atom. The fourth-order valence-electron chi connectivity index (χ4n) is 1.37. The van der Waals surface area contributed by atoms with Crippen LogP contribution in [-0.4, -0.2) is 28.1 Å². The lowest BCUT2D eigenvalue weighted by Crippen LogP contribution is -2.39. The molecule has 0 aromatic carbocycles. The molecule has 0 atom stereocenters. The van der Waals surface area contributed by atoms with Crippen LogP contribution in [0.4, 0.5) is 0 Å². The Labute approximate surface area is 103 Å². The molecule has 0 bridgehead atoms. The van der Waals surface area contributed by atoms with Gasteiger partial charge in [-0.3, -0.25) is 4.79 Å². The highest BCUT2D eigenvalue weighted by Gasteiger charge is 2.43.